The lowest BCUT2D eigenvalue weighted by atomic mass is 10.1. The molecule has 0 bridgehead atoms. The van der Waals surface area contributed by atoms with Crippen molar-refractivity contribution < 1.29 is 9.53 Å². The van der Waals surface area contributed by atoms with E-state index in [0.717, 1.165) is 28.9 Å². The summed E-state index contributed by atoms with van der Waals surface area (Å²) >= 11 is 1.57. The van der Waals surface area contributed by atoms with Crippen molar-refractivity contribution in [1.82, 2.24) is 14.5 Å². The van der Waals surface area contributed by atoms with Crippen LogP contribution in [0.15, 0.2) is 85.5 Å². The van der Waals surface area contributed by atoms with E-state index in [1.165, 1.54) is 11.1 Å². The van der Waals surface area contributed by atoms with Crippen molar-refractivity contribution in [3.63, 3.8) is 0 Å². The third kappa shape index (κ3) is 5.25. The molecule has 0 saturated carbocycles. The minimum atomic E-state index is -0.0738. The van der Waals surface area contributed by atoms with Crippen LogP contribution in [0.3, 0.4) is 0 Å². The highest BCUT2D eigenvalue weighted by Crippen LogP contribution is 2.33. The molecular formula is C28H26N4O2S. The number of rotatable bonds is 8. The van der Waals surface area contributed by atoms with Crippen LogP contribution in [0.1, 0.15) is 27.9 Å². The van der Waals surface area contributed by atoms with E-state index in [1.54, 1.807) is 28.8 Å². The zero-order valence-electron chi connectivity index (χ0n) is 19.7. The second-order valence-electron chi connectivity index (χ2n) is 8.48. The number of nitrogens with zero attached hydrogens (tertiary/aromatic N) is 4. The van der Waals surface area contributed by atoms with Crippen molar-refractivity contribution >= 4 is 32.6 Å². The molecule has 0 spiro atoms. The summed E-state index contributed by atoms with van der Waals surface area (Å²) in [6.45, 7) is 5.49. The van der Waals surface area contributed by atoms with Gasteiger partial charge in [-0.3, -0.25) is 9.69 Å². The number of carbonyl (C=O) groups excluding carboxylic acids is 1. The summed E-state index contributed by atoms with van der Waals surface area (Å²) in [6, 6.07) is 21.1. The average Bonchev–Trinajstić information content (AvgIpc) is 3.53. The minimum absolute atomic E-state index is 0.0738. The maximum Gasteiger partial charge on any atom is 0.260 e. The zero-order valence-corrected chi connectivity index (χ0v) is 20.5. The minimum Gasteiger partial charge on any atom is -0.457 e. The molecule has 0 N–H and O–H groups in total. The van der Waals surface area contributed by atoms with E-state index in [0.29, 0.717) is 23.0 Å². The molecule has 0 unspecified atom stereocenters. The van der Waals surface area contributed by atoms with Crippen LogP contribution >= 0.6 is 11.3 Å². The number of carbonyl (C=O) groups is 1. The fraction of sp³-hybridized carbons (Fsp3) is 0.179. The van der Waals surface area contributed by atoms with E-state index in [2.05, 4.69) is 31.0 Å². The number of para-hydroxylation sites is 1. The third-order valence-corrected chi connectivity index (χ3v) is 6.95. The summed E-state index contributed by atoms with van der Waals surface area (Å²) in [6.07, 6.45) is 6.27. The first-order valence-electron chi connectivity index (χ1n) is 11.6. The van der Waals surface area contributed by atoms with Gasteiger partial charge in [0.25, 0.3) is 5.91 Å². The topological polar surface area (TPSA) is 60.2 Å². The Hall–Kier alpha value is -3.97. The third-order valence-electron chi connectivity index (χ3n) is 5.72. The Labute approximate surface area is 208 Å². The number of anilines is 1. The molecule has 35 heavy (non-hydrogen) atoms. The van der Waals surface area contributed by atoms with Crippen LogP contribution < -0.4 is 9.64 Å². The highest BCUT2D eigenvalue weighted by molar-refractivity contribution is 7.22. The van der Waals surface area contributed by atoms with Gasteiger partial charge in [0, 0.05) is 31.0 Å². The van der Waals surface area contributed by atoms with Crippen LogP contribution in [0.5, 0.6) is 11.5 Å². The molecule has 176 valence electrons. The predicted octanol–water partition coefficient (Wildman–Crippen LogP) is 6.64. The molecule has 2 heterocycles. The quantitative estimate of drug-likeness (QED) is 0.249. The van der Waals surface area contributed by atoms with Gasteiger partial charge < -0.3 is 9.30 Å². The predicted molar refractivity (Wildman–Crippen MR) is 141 cm³/mol. The Morgan fingerprint density at radius 2 is 1.80 bits per heavy atom. The Morgan fingerprint density at radius 3 is 2.54 bits per heavy atom. The van der Waals surface area contributed by atoms with E-state index < -0.39 is 0 Å². The number of hydrogen-bond acceptors (Lipinski definition) is 5. The molecule has 1 amide bonds. The highest BCUT2D eigenvalue weighted by atomic mass is 32.1. The number of thiazole rings is 1. The van der Waals surface area contributed by atoms with Crippen molar-refractivity contribution in [1.29, 1.82) is 0 Å². The van der Waals surface area contributed by atoms with Gasteiger partial charge >= 0.3 is 0 Å². The first-order chi connectivity index (χ1) is 17.1. The van der Waals surface area contributed by atoms with Crippen LogP contribution in [-0.4, -0.2) is 27.0 Å². The molecule has 0 aliphatic carbocycles. The van der Waals surface area contributed by atoms with Gasteiger partial charge in [-0.2, -0.15) is 0 Å². The molecule has 0 radical (unpaired) electrons. The number of imidazole rings is 1. The summed E-state index contributed by atoms with van der Waals surface area (Å²) < 4.78 is 9.02. The second kappa shape index (κ2) is 10.1. The van der Waals surface area contributed by atoms with E-state index in [1.807, 2.05) is 65.4 Å². The summed E-state index contributed by atoms with van der Waals surface area (Å²) in [5.41, 5.74) is 3.87. The molecule has 0 saturated heterocycles. The highest BCUT2D eigenvalue weighted by Gasteiger charge is 2.22. The first kappa shape index (κ1) is 22.8. The van der Waals surface area contributed by atoms with Crippen molar-refractivity contribution in [2.24, 2.45) is 0 Å². The smallest absolute Gasteiger partial charge is 0.260 e. The number of benzene rings is 3. The lowest BCUT2D eigenvalue weighted by molar-refractivity contribution is 0.0986. The van der Waals surface area contributed by atoms with Gasteiger partial charge in [0.2, 0.25) is 0 Å². The molecule has 5 aromatic rings. The molecular weight excluding hydrogens is 456 g/mol. The maximum atomic E-state index is 13.7. The van der Waals surface area contributed by atoms with Crippen molar-refractivity contribution in [3.05, 3.63) is 102 Å². The van der Waals surface area contributed by atoms with E-state index in [-0.39, 0.29) is 5.91 Å². The molecule has 0 aliphatic heterocycles. The van der Waals surface area contributed by atoms with Gasteiger partial charge in [-0.1, -0.05) is 35.6 Å². The second-order valence-corrected chi connectivity index (χ2v) is 9.45. The van der Waals surface area contributed by atoms with Gasteiger partial charge in [0.1, 0.15) is 11.5 Å². The fourth-order valence-corrected chi connectivity index (χ4v) is 5.08. The maximum absolute atomic E-state index is 13.7. The Morgan fingerprint density at radius 1 is 1.03 bits per heavy atom. The normalized spacial score (nSPS) is 11.0. The van der Waals surface area contributed by atoms with Gasteiger partial charge in [0.15, 0.2) is 5.13 Å². The van der Waals surface area contributed by atoms with Crippen LogP contribution in [0.2, 0.25) is 0 Å². The number of aryl methyl sites for hydroxylation is 3. The van der Waals surface area contributed by atoms with Gasteiger partial charge in [-0.05, 0) is 73.9 Å². The summed E-state index contributed by atoms with van der Waals surface area (Å²) in [4.78, 5) is 24.4. The molecule has 7 heteroatoms. The number of hydrogen-bond donors (Lipinski definition) is 0. The SMILES string of the molecule is Cc1cc(C)c2sc(N(CCCn3ccnc3)C(=O)c3ccc(Oc4ccccc4)cc3)nc2c1. The van der Waals surface area contributed by atoms with Crippen LogP contribution in [0.25, 0.3) is 10.2 Å². The first-order valence-corrected chi connectivity index (χ1v) is 12.4. The molecule has 2 aromatic heterocycles. The fourth-order valence-electron chi connectivity index (χ4n) is 4.04. The Kier molecular flexibility index (Phi) is 6.59. The van der Waals surface area contributed by atoms with Crippen LogP contribution in [0, 0.1) is 13.8 Å². The molecule has 5 rings (SSSR count). The van der Waals surface area contributed by atoms with E-state index >= 15 is 0 Å². The van der Waals surface area contributed by atoms with E-state index in [4.69, 9.17) is 9.72 Å². The summed E-state index contributed by atoms with van der Waals surface area (Å²) in [5.74, 6) is 1.37. The Balaban J connectivity index is 1.40. The zero-order chi connectivity index (χ0) is 24.2. The van der Waals surface area contributed by atoms with Gasteiger partial charge in [-0.25, -0.2) is 9.97 Å². The van der Waals surface area contributed by atoms with Crippen LogP contribution in [0.4, 0.5) is 5.13 Å². The molecule has 0 fully saturated rings. The number of aromatic nitrogens is 3. The number of ether oxygens (including phenoxy) is 1. The molecule has 0 atom stereocenters. The largest absolute Gasteiger partial charge is 0.457 e. The molecule has 0 aliphatic rings. The average molecular weight is 483 g/mol. The standard InChI is InChI=1S/C28H26N4O2S/c1-20-17-21(2)26-25(18-20)30-28(35-26)32(15-6-14-31-16-13-29-19-31)27(33)22-9-11-24(12-10-22)34-23-7-4-3-5-8-23/h3-5,7-13,16-19H,6,14-15H2,1-2H3. The number of amides is 1. The summed E-state index contributed by atoms with van der Waals surface area (Å²) in [5, 5.41) is 0.717. The summed E-state index contributed by atoms with van der Waals surface area (Å²) in [7, 11) is 0. The monoisotopic (exact) mass is 482 g/mol. The van der Waals surface area contributed by atoms with Crippen molar-refractivity contribution in [3.8, 4) is 11.5 Å². The van der Waals surface area contributed by atoms with Crippen molar-refractivity contribution in [2.75, 3.05) is 11.4 Å². The lowest BCUT2D eigenvalue weighted by Gasteiger charge is -2.20. The van der Waals surface area contributed by atoms with Crippen LogP contribution in [-0.2, 0) is 6.54 Å². The van der Waals surface area contributed by atoms with Crippen molar-refractivity contribution in [2.45, 2.75) is 26.8 Å². The Bertz CT molecular complexity index is 1430. The molecule has 3 aromatic carbocycles. The van der Waals surface area contributed by atoms with Gasteiger partial charge in [-0.15, -0.1) is 0 Å². The van der Waals surface area contributed by atoms with E-state index in [9.17, 15) is 4.79 Å². The number of fused-ring (bicyclic) bond motifs is 1. The lowest BCUT2D eigenvalue weighted by Crippen LogP contribution is -2.32. The molecule has 6 nitrogen and oxygen atoms in total. The van der Waals surface area contributed by atoms with Gasteiger partial charge in [0.05, 0.1) is 16.5 Å².